The molecule has 0 aromatic heterocycles. The molecular weight excluding hydrogens is 320 g/mol. The molecule has 1 heterocycles. The molecule has 0 saturated carbocycles. The predicted octanol–water partition coefficient (Wildman–Crippen LogP) is 1.51. The molecule has 2 N–H and O–H groups in total. The minimum atomic E-state index is -3.29. The van der Waals surface area contributed by atoms with Crippen LogP contribution in [0, 0.1) is 0 Å². The summed E-state index contributed by atoms with van der Waals surface area (Å²) in [7, 11) is -3.29. The topological polar surface area (TPSA) is 93.7 Å². The van der Waals surface area contributed by atoms with Gasteiger partial charge in [-0.1, -0.05) is 13.3 Å². The zero-order valence-corrected chi connectivity index (χ0v) is 13.9. The quantitative estimate of drug-likeness (QED) is 0.747. The van der Waals surface area contributed by atoms with Gasteiger partial charge in [-0.2, -0.15) is 0 Å². The van der Waals surface area contributed by atoms with Crippen LogP contribution in [0.15, 0.2) is 18.2 Å². The van der Waals surface area contributed by atoms with Gasteiger partial charge in [0.1, 0.15) is 13.2 Å². The standard InChI is InChI=1S/C15H22N2O5S/c1-2-3-10-23(19,20)16-7-6-15(18)17-12-4-5-13-14(11-12)22-9-8-21-13/h4-5,11,16H,2-3,6-10H2,1H3,(H,17,18). The van der Waals surface area contributed by atoms with Crippen molar-refractivity contribution in [3.8, 4) is 11.5 Å². The number of fused-ring (bicyclic) bond motifs is 1. The minimum absolute atomic E-state index is 0.0692. The smallest absolute Gasteiger partial charge is 0.225 e. The van der Waals surface area contributed by atoms with Gasteiger partial charge >= 0.3 is 0 Å². The van der Waals surface area contributed by atoms with Crippen molar-refractivity contribution in [1.29, 1.82) is 0 Å². The fraction of sp³-hybridized carbons (Fsp3) is 0.533. The molecule has 1 amide bonds. The van der Waals surface area contributed by atoms with Crippen molar-refractivity contribution >= 4 is 21.6 Å². The number of nitrogens with one attached hydrogen (secondary N) is 2. The maximum absolute atomic E-state index is 11.9. The molecule has 128 valence electrons. The summed E-state index contributed by atoms with van der Waals surface area (Å²) in [4.78, 5) is 11.9. The molecule has 2 rings (SSSR count). The third-order valence-electron chi connectivity index (χ3n) is 3.27. The van der Waals surface area contributed by atoms with Crippen LogP contribution in [-0.4, -0.2) is 39.8 Å². The number of hydrogen-bond acceptors (Lipinski definition) is 5. The molecule has 1 aliphatic rings. The van der Waals surface area contributed by atoms with Crippen LogP contribution in [0.2, 0.25) is 0 Å². The minimum Gasteiger partial charge on any atom is -0.486 e. The third-order valence-corrected chi connectivity index (χ3v) is 4.74. The van der Waals surface area contributed by atoms with Gasteiger partial charge in [-0.05, 0) is 18.6 Å². The number of benzene rings is 1. The van der Waals surface area contributed by atoms with Crippen molar-refractivity contribution in [2.45, 2.75) is 26.2 Å². The van der Waals surface area contributed by atoms with Crippen LogP contribution in [0.1, 0.15) is 26.2 Å². The van der Waals surface area contributed by atoms with E-state index in [1.54, 1.807) is 18.2 Å². The maximum Gasteiger partial charge on any atom is 0.225 e. The van der Waals surface area contributed by atoms with Crippen LogP contribution in [0.4, 0.5) is 5.69 Å². The Hall–Kier alpha value is -1.80. The average molecular weight is 342 g/mol. The van der Waals surface area contributed by atoms with Gasteiger partial charge in [-0.15, -0.1) is 0 Å². The van der Waals surface area contributed by atoms with E-state index in [-0.39, 0.29) is 24.6 Å². The van der Waals surface area contributed by atoms with Crippen LogP contribution < -0.4 is 19.5 Å². The SMILES string of the molecule is CCCCS(=O)(=O)NCCC(=O)Nc1ccc2c(c1)OCCO2. The van der Waals surface area contributed by atoms with E-state index in [0.29, 0.717) is 36.8 Å². The highest BCUT2D eigenvalue weighted by atomic mass is 32.2. The van der Waals surface area contributed by atoms with Crippen molar-refractivity contribution in [1.82, 2.24) is 4.72 Å². The fourth-order valence-corrected chi connectivity index (χ4v) is 3.30. The number of rotatable bonds is 8. The van der Waals surface area contributed by atoms with E-state index in [1.165, 1.54) is 0 Å². The zero-order valence-electron chi connectivity index (χ0n) is 13.1. The van der Waals surface area contributed by atoms with Crippen LogP contribution >= 0.6 is 0 Å². The van der Waals surface area contributed by atoms with Crippen LogP contribution in [0.5, 0.6) is 11.5 Å². The van der Waals surface area contributed by atoms with Crippen molar-refractivity contribution < 1.29 is 22.7 Å². The van der Waals surface area contributed by atoms with E-state index in [0.717, 1.165) is 6.42 Å². The van der Waals surface area contributed by atoms with Crippen molar-refractivity contribution in [3.63, 3.8) is 0 Å². The summed E-state index contributed by atoms with van der Waals surface area (Å²) in [6.07, 6.45) is 1.49. The Kier molecular flexibility index (Phi) is 6.23. The normalized spacial score (nSPS) is 13.6. The lowest BCUT2D eigenvalue weighted by atomic mass is 10.2. The highest BCUT2D eigenvalue weighted by Crippen LogP contribution is 2.32. The number of sulfonamides is 1. The van der Waals surface area contributed by atoms with E-state index < -0.39 is 10.0 Å². The van der Waals surface area contributed by atoms with E-state index in [9.17, 15) is 13.2 Å². The molecule has 0 saturated heterocycles. The number of carbonyl (C=O) groups is 1. The van der Waals surface area contributed by atoms with Crippen LogP contribution in [-0.2, 0) is 14.8 Å². The molecule has 0 atom stereocenters. The zero-order chi connectivity index (χ0) is 16.7. The van der Waals surface area contributed by atoms with Crippen molar-refractivity contribution in [3.05, 3.63) is 18.2 Å². The Morgan fingerprint density at radius 1 is 1.22 bits per heavy atom. The number of anilines is 1. The first-order chi connectivity index (χ1) is 11.0. The first-order valence-electron chi connectivity index (χ1n) is 7.67. The van der Waals surface area contributed by atoms with Gasteiger partial charge in [0.25, 0.3) is 0 Å². The third kappa shape index (κ3) is 5.72. The van der Waals surface area contributed by atoms with Gasteiger partial charge in [-0.3, -0.25) is 4.79 Å². The Balaban J connectivity index is 1.79. The summed E-state index contributed by atoms with van der Waals surface area (Å²) in [5.41, 5.74) is 0.591. The summed E-state index contributed by atoms with van der Waals surface area (Å²) < 4.78 is 36.5. The molecule has 1 aromatic rings. The second-order valence-electron chi connectivity index (χ2n) is 5.22. The fourth-order valence-electron chi connectivity index (χ4n) is 2.07. The number of ether oxygens (including phenoxy) is 2. The summed E-state index contributed by atoms with van der Waals surface area (Å²) in [5, 5.41) is 2.71. The molecule has 8 heteroatoms. The van der Waals surface area contributed by atoms with Crippen LogP contribution in [0.25, 0.3) is 0 Å². The molecule has 1 aromatic carbocycles. The number of carbonyl (C=O) groups excluding carboxylic acids is 1. The Labute approximate surface area is 136 Å². The van der Waals surface area contributed by atoms with E-state index >= 15 is 0 Å². The van der Waals surface area contributed by atoms with Gasteiger partial charge < -0.3 is 14.8 Å². The molecule has 0 unspecified atom stereocenters. The van der Waals surface area contributed by atoms with Gasteiger partial charge in [0, 0.05) is 24.7 Å². The average Bonchev–Trinajstić information content (AvgIpc) is 2.52. The molecule has 23 heavy (non-hydrogen) atoms. The molecule has 0 bridgehead atoms. The predicted molar refractivity (Wildman–Crippen MR) is 87.4 cm³/mol. The molecule has 7 nitrogen and oxygen atoms in total. The summed E-state index contributed by atoms with van der Waals surface area (Å²) in [6, 6.07) is 5.15. The molecule has 0 radical (unpaired) electrons. The van der Waals surface area contributed by atoms with E-state index in [1.807, 2.05) is 6.92 Å². The van der Waals surface area contributed by atoms with Gasteiger partial charge in [0.2, 0.25) is 15.9 Å². The maximum atomic E-state index is 11.9. The highest BCUT2D eigenvalue weighted by molar-refractivity contribution is 7.89. The lowest BCUT2D eigenvalue weighted by Crippen LogP contribution is -2.29. The van der Waals surface area contributed by atoms with Crippen molar-refractivity contribution in [2.24, 2.45) is 0 Å². The Morgan fingerprint density at radius 2 is 1.96 bits per heavy atom. The summed E-state index contributed by atoms with van der Waals surface area (Å²) >= 11 is 0. The Morgan fingerprint density at radius 3 is 2.70 bits per heavy atom. The Bertz CT molecular complexity index is 645. The molecule has 0 spiro atoms. The number of amides is 1. The number of hydrogen-bond donors (Lipinski definition) is 2. The van der Waals surface area contributed by atoms with Gasteiger partial charge in [-0.25, -0.2) is 13.1 Å². The highest BCUT2D eigenvalue weighted by Gasteiger charge is 2.13. The van der Waals surface area contributed by atoms with E-state index in [2.05, 4.69) is 10.0 Å². The first kappa shape index (κ1) is 17.6. The molecular formula is C15H22N2O5S. The first-order valence-corrected chi connectivity index (χ1v) is 9.32. The molecule has 1 aliphatic heterocycles. The largest absolute Gasteiger partial charge is 0.486 e. The number of unbranched alkanes of at least 4 members (excludes halogenated alkanes) is 1. The van der Waals surface area contributed by atoms with Crippen LogP contribution in [0.3, 0.4) is 0 Å². The summed E-state index contributed by atoms with van der Waals surface area (Å²) in [6.45, 7) is 3.00. The second-order valence-corrected chi connectivity index (χ2v) is 7.15. The monoisotopic (exact) mass is 342 g/mol. The lowest BCUT2D eigenvalue weighted by molar-refractivity contribution is -0.116. The summed E-state index contributed by atoms with van der Waals surface area (Å²) in [5.74, 6) is 1.07. The molecule has 0 fully saturated rings. The van der Waals surface area contributed by atoms with Gasteiger partial charge in [0.15, 0.2) is 11.5 Å². The second kappa shape index (κ2) is 8.16. The van der Waals surface area contributed by atoms with E-state index in [4.69, 9.17) is 9.47 Å². The van der Waals surface area contributed by atoms with Gasteiger partial charge in [0.05, 0.1) is 5.75 Å². The molecule has 0 aliphatic carbocycles. The van der Waals surface area contributed by atoms with Crippen molar-refractivity contribution in [2.75, 3.05) is 30.8 Å². The lowest BCUT2D eigenvalue weighted by Gasteiger charge is -2.19.